The van der Waals surface area contributed by atoms with Crippen LogP contribution in [0.3, 0.4) is 0 Å². The summed E-state index contributed by atoms with van der Waals surface area (Å²) >= 11 is 2.18. The minimum atomic E-state index is -0.501. The van der Waals surface area contributed by atoms with Gasteiger partial charge in [0.25, 0.3) is 0 Å². The normalized spacial score (nSPS) is 10.2. The lowest BCUT2D eigenvalue weighted by molar-refractivity contribution is -0.386. The third kappa shape index (κ3) is 4.28. The van der Waals surface area contributed by atoms with Gasteiger partial charge in [0, 0.05) is 16.2 Å². The summed E-state index contributed by atoms with van der Waals surface area (Å²) in [4.78, 5) is 14.7. The highest BCUT2D eigenvalue weighted by Gasteiger charge is 2.18. The number of nitrogens with zero attached hydrogens (tertiary/aromatic N) is 2. The summed E-state index contributed by atoms with van der Waals surface area (Å²) in [7, 11) is 0. The number of halogens is 1. The number of rotatable bonds is 6. The number of anilines is 1. The zero-order chi connectivity index (χ0) is 15.2. The van der Waals surface area contributed by atoms with Gasteiger partial charge in [-0.25, -0.2) is 0 Å². The second kappa shape index (κ2) is 7.21. The van der Waals surface area contributed by atoms with E-state index < -0.39 is 4.92 Å². The van der Waals surface area contributed by atoms with E-state index in [1.165, 1.54) is 6.07 Å². The van der Waals surface area contributed by atoms with Crippen LogP contribution >= 0.6 is 22.6 Å². The molecule has 0 aliphatic carbocycles. The fraction of sp³-hybridized carbons (Fsp3) is 0.214. The van der Waals surface area contributed by atoms with Gasteiger partial charge in [0.1, 0.15) is 11.6 Å². The Morgan fingerprint density at radius 1 is 1.29 bits per heavy atom. The Balaban J connectivity index is 2.29. The number of aromatic nitrogens is 1. The monoisotopic (exact) mass is 399 g/mol. The molecule has 0 aliphatic rings. The van der Waals surface area contributed by atoms with Gasteiger partial charge in [-0.05, 0) is 59.3 Å². The van der Waals surface area contributed by atoms with Crippen molar-refractivity contribution in [3.8, 4) is 11.6 Å². The lowest BCUT2D eigenvalue weighted by Gasteiger charge is -2.08. The highest BCUT2D eigenvalue weighted by atomic mass is 127. The predicted octanol–water partition coefficient (Wildman–Crippen LogP) is 4.21. The molecule has 0 aliphatic heterocycles. The van der Waals surface area contributed by atoms with Crippen LogP contribution in [0.25, 0.3) is 0 Å². The SMILES string of the molecule is CCCNc1ccc([N+](=O)[O-])c(Oc2ccc(I)cc2)n1. The zero-order valence-corrected chi connectivity index (χ0v) is 13.5. The van der Waals surface area contributed by atoms with E-state index >= 15 is 0 Å². The summed E-state index contributed by atoms with van der Waals surface area (Å²) in [6.07, 6.45) is 0.936. The second-order valence-corrected chi connectivity index (χ2v) is 5.51. The molecule has 0 radical (unpaired) electrons. The fourth-order valence-electron chi connectivity index (χ4n) is 1.61. The lowest BCUT2D eigenvalue weighted by Crippen LogP contribution is -2.04. The summed E-state index contributed by atoms with van der Waals surface area (Å²) in [5.74, 6) is 1.06. The van der Waals surface area contributed by atoms with E-state index in [1.807, 2.05) is 19.1 Å². The number of nitro groups is 1. The van der Waals surface area contributed by atoms with Crippen LogP contribution in [-0.4, -0.2) is 16.5 Å². The fourth-order valence-corrected chi connectivity index (χ4v) is 1.97. The van der Waals surface area contributed by atoms with Crippen LogP contribution in [0.5, 0.6) is 11.6 Å². The summed E-state index contributed by atoms with van der Waals surface area (Å²) in [5, 5.41) is 14.1. The number of ether oxygens (including phenoxy) is 1. The first-order valence-electron chi connectivity index (χ1n) is 6.43. The van der Waals surface area contributed by atoms with Crippen LogP contribution in [-0.2, 0) is 0 Å². The van der Waals surface area contributed by atoms with Crippen molar-refractivity contribution in [1.82, 2.24) is 4.98 Å². The molecule has 2 aromatic rings. The van der Waals surface area contributed by atoms with Crippen LogP contribution < -0.4 is 10.1 Å². The number of pyridine rings is 1. The Bertz CT molecular complexity index is 632. The van der Waals surface area contributed by atoms with Crippen LogP contribution in [0.15, 0.2) is 36.4 Å². The van der Waals surface area contributed by atoms with Crippen molar-refractivity contribution in [1.29, 1.82) is 0 Å². The number of hydrogen-bond acceptors (Lipinski definition) is 5. The van der Waals surface area contributed by atoms with Crippen molar-refractivity contribution >= 4 is 34.1 Å². The Hall–Kier alpha value is -1.90. The number of nitrogens with one attached hydrogen (secondary N) is 1. The predicted molar refractivity (Wildman–Crippen MR) is 88.9 cm³/mol. The third-order valence-electron chi connectivity index (χ3n) is 2.62. The van der Waals surface area contributed by atoms with Crippen LogP contribution in [0.1, 0.15) is 13.3 Å². The maximum absolute atomic E-state index is 11.1. The van der Waals surface area contributed by atoms with Crippen molar-refractivity contribution in [2.75, 3.05) is 11.9 Å². The topological polar surface area (TPSA) is 77.3 Å². The molecule has 0 unspecified atom stereocenters. The molecule has 1 aromatic heterocycles. The van der Waals surface area contributed by atoms with Crippen molar-refractivity contribution in [2.24, 2.45) is 0 Å². The minimum absolute atomic E-state index is 0.0117. The molecule has 1 aromatic carbocycles. The molecule has 0 spiro atoms. The van der Waals surface area contributed by atoms with E-state index in [4.69, 9.17) is 4.74 Å². The Labute approximate surface area is 135 Å². The Kier molecular flexibility index (Phi) is 5.32. The first-order chi connectivity index (χ1) is 10.1. The lowest BCUT2D eigenvalue weighted by atomic mass is 10.3. The van der Waals surface area contributed by atoms with E-state index in [9.17, 15) is 10.1 Å². The van der Waals surface area contributed by atoms with E-state index in [0.717, 1.165) is 16.5 Å². The zero-order valence-electron chi connectivity index (χ0n) is 11.4. The summed E-state index contributed by atoms with van der Waals surface area (Å²) in [6, 6.07) is 10.2. The first-order valence-corrected chi connectivity index (χ1v) is 7.50. The van der Waals surface area contributed by atoms with Crippen LogP contribution in [0.4, 0.5) is 11.5 Å². The summed E-state index contributed by atoms with van der Waals surface area (Å²) in [5.41, 5.74) is -0.157. The first kappa shape index (κ1) is 15.5. The summed E-state index contributed by atoms with van der Waals surface area (Å²) in [6.45, 7) is 2.77. The van der Waals surface area contributed by atoms with Gasteiger partial charge in [0.05, 0.1) is 4.92 Å². The van der Waals surface area contributed by atoms with Crippen LogP contribution in [0, 0.1) is 13.7 Å². The van der Waals surface area contributed by atoms with E-state index in [1.54, 1.807) is 18.2 Å². The van der Waals surface area contributed by atoms with Gasteiger partial charge in [0.2, 0.25) is 0 Å². The standard InChI is InChI=1S/C14H14IN3O3/c1-2-9-16-13-8-7-12(18(19)20)14(17-13)21-11-5-3-10(15)4-6-11/h3-8H,2,9H2,1H3,(H,16,17). The number of benzene rings is 1. The molecular formula is C14H14IN3O3. The third-order valence-corrected chi connectivity index (χ3v) is 3.34. The van der Waals surface area contributed by atoms with E-state index in [-0.39, 0.29) is 11.6 Å². The molecular weight excluding hydrogens is 385 g/mol. The van der Waals surface area contributed by atoms with E-state index in [0.29, 0.717) is 11.6 Å². The van der Waals surface area contributed by atoms with Crippen LogP contribution in [0.2, 0.25) is 0 Å². The molecule has 0 fully saturated rings. The highest BCUT2D eigenvalue weighted by Crippen LogP contribution is 2.30. The quantitative estimate of drug-likeness (QED) is 0.448. The van der Waals surface area contributed by atoms with Gasteiger partial charge in [-0.3, -0.25) is 10.1 Å². The highest BCUT2D eigenvalue weighted by molar-refractivity contribution is 14.1. The molecule has 6 nitrogen and oxygen atoms in total. The van der Waals surface area contributed by atoms with Crippen molar-refractivity contribution in [3.63, 3.8) is 0 Å². The average Bonchev–Trinajstić information content (AvgIpc) is 2.47. The van der Waals surface area contributed by atoms with Gasteiger partial charge < -0.3 is 10.1 Å². The maximum Gasteiger partial charge on any atom is 0.331 e. The molecule has 0 bridgehead atoms. The van der Waals surface area contributed by atoms with Crippen molar-refractivity contribution in [3.05, 3.63) is 50.1 Å². The molecule has 110 valence electrons. The molecule has 0 amide bonds. The molecule has 2 rings (SSSR count). The Morgan fingerprint density at radius 2 is 2.00 bits per heavy atom. The largest absolute Gasteiger partial charge is 0.434 e. The average molecular weight is 399 g/mol. The second-order valence-electron chi connectivity index (χ2n) is 4.26. The molecule has 0 atom stereocenters. The van der Waals surface area contributed by atoms with Gasteiger partial charge in [-0.1, -0.05) is 6.92 Å². The minimum Gasteiger partial charge on any atom is -0.434 e. The molecule has 0 saturated heterocycles. The molecule has 1 N–H and O–H groups in total. The molecule has 1 heterocycles. The van der Waals surface area contributed by atoms with Gasteiger partial charge in [-0.2, -0.15) is 4.98 Å². The molecule has 21 heavy (non-hydrogen) atoms. The van der Waals surface area contributed by atoms with Crippen molar-refractivity contribution in [2.45, 2.75) is 13.3 Å². The van der Waals surface area contributed by atoms with Crippen molar-refractivity contribution < 1.29 is 9.66 Å². The maximum atomic E-state index is 11.1. The van der Waals surface area contributed by atoms with Gasteiger partial charge >= 0.3 is 11.6 Å². The molecule has 0 saturated carbocycles. The van der Waals surface area contributed by atoms with E-state index in [2.05, 4.69) is 32.9 Å². The summed E-state index contributed by atoms with van der Waals surface area (Å²) < 4.78 is 6.61. The smallest absolute Gasteiger partial charge is 0.331 e. The Morgan fingerprint density at radius 3 is 2.62 bits per heavy atom. The van der Waals surface area contributed by atoms with Gasteiger partial charge in [0.15, 0.2) is 0 Å². The van der Waals surface area contributed by atoms with Gasteiger partial charge in [-0.15, -0.1) is 0 Å². The number of hydrogen-bond donors (Lipinski definition) is 1. The molecule has 7 heteroatoms.